The van der Waals surface area contributed by atoms with Crippen LogP contribution in [0.4, 0.5) is 18.9 Å². The Balaban J connectivity index is 1.59. The molecule has 4 rings (SSSR count). The molecule has 1 N–H and O–H groups in total. The fourth-order valence-electron chi connectivity index (χ4n) is 3.58. The van der Waals surface area contributed by atoms with Gasteiger partial charge in [0.15, 0.2) is 0 Å². The lowest BCUT2D eigenvalue weighted by Crippen LogP contribution is -2.39. The Kier molecular flexibility index (Phi) is 6.05. The molecule has 31 heavy (non-hydrogen) atoms. The summed E-state index contributed by atoms with van der Waals surface area (Å²) in [5, 5.41) is 4.10. The van der Waals surface area contributed by atoms with Gasteiger partial charge in [0.1, 0.15) is 28.5 Å². The maximum atomic E-state index is 14.6. The summed E-state index contributed by atoms with van der Waals surface area (Å²) in [4.78, 5) is 4.66. The molecule has 163 valence electrons. The second kappa shape index (κ2) is 8.60. The molecule has 0 saturated carbocycles. The van der Waals surface area contributed by atoms with Gasteiger partial charge >= 0.3 is 0 Å². The normalized spacial score (nSPS) is 15.5. The number of sulfone groups is 1. The Morgan fingerprint density at radius 1 is 1.19 bits per heavy atom. The van der Waals surface area contributed by atoms with E-state index >= 15 is 0 Å². The van der Waals surface area contributed by atoms with E-state index in [0.29, 0.717) is 5.56 Å². The number of rotatable bonds is 7. The van der Waals surface area contributed by atoms with Crippen LogP contribution >= 0.6 is 11.3 Å². The summed E-state index contributed by atoms with van der Waals surface area (Å²) in [5.41, 5.74) is 1.20. The number of likely N-dealkylation sites (tertiary alicyclic amines) is 1. The van der Waals surface area contributed by atoms with Gasteiger partial charge in [0, 0.05) is 29.2 Å². The van der Waals surface area contributed by atoms with Crippen LogP contribution in [-0.2, 0) is 16.4 Å². The maximum Gasteiger partial charge on any atom is 0.239 e. The fraction of sp³-hybridized carbons (Fsp3) is 0.286. The van der Waals surface area contributed by atoms with E-state index in [9.17, 15) is 21.6 Å². The summed E-state index contributed by atoms with van der Waals surface area (Å²) in [6.45, 7) is 3.86. The Bertz CT molecular complexity index is 1170. The fourth-order valence-corrected chi connectivity index (χ4v) is 5.77. The van der Waals surface area contributed by atoms with Gasteiger partial charge in [-0.2, -0.15) is 0 Å². The molecule has 0 aliphatic carbocycles. The Morgan fingerprint density at radius 3 is 2.48 bits per heavy atom. The minimum atomic E-state index is -4.44. The van der Waals surface area contributed by atoms with Gasteiger partial charge in [0.25, 0.3) is 0 Å². The molecule has 10 heteroatoms. The third kappa shape index (κ3) is 4.19. The van der Waals surface area contributed by atoms with E-state index in [2.05, 4.69) is 21.4 Å². The van der Waals surface area contributed by atoms with E-state index < -0.39 is 36.5 Å². The standard InChI is InChI=1S/C21H19F3N3O2S2/c1-13(27-7-3-8-27)15-4-2-5-17(22)16(15)12-26-14-10-18(23)20(19(24)11-14)31(28,29)21-25-6-9-30-21/h2,4-5,9-11,13,26H,3,7-8,12H2,1H3/t13-/m1/s1. The van der Waals surface area contributed by atoms with Gasteiger partial charge in [-0.1, -0.05) is 12.1 Å². The van der Waals surface area contributed by atoms with Gasteiger partial charge in [-0.3, -0.25) is 4.90 Å². The Labute approximate surface area is 182 Å². The smallest absolute Gasteiger partial charge is 0.239 e. The molecule has 1 aliphatic rings. The highest BCUT2D eigenvalue weighted by atomic mass is 32.2. The van der Waals surface area contributed by atoms with E-state index in [1.54, 1.807) is 6.07 Å². The molecular weight excluding hydrogens is 447 g/mol. The van der Waals surface area contributed by atoms with Gasteiger partial charge in [0.05, 0.1) is 0 Å². The van der Waals surface area contributed by atoms with E-state index in [-0.39, 0.29) is 18.3 Å². The molecule has 2 aromatic carbocycles. The molecule has 1 saturated heterocycles. The molecule has 0 amide bonds. The molecule has 1 radical (unpaired) electrons. The molecule has 1 aromatic heterocycles. The van der Waals surface area contributed by atoms with Crippen LogP contribution in [0.3, 0.4) is 0 Å². The van der Waals surface area contributed by atoms with E-state index in [1.807, 2.05) is 13.0 Å². The van der Waals surface area contributed by atoms with Crippen molar-refractivity contribution in [3.8, 4) is 0 Å². The number of benzene rings is 2. The zero-order valence-corrected chi connectivity index (χ0v) is 18.2. The molecule has 3 aromatic rings. The molecule has 0 bridgehead atoms. The SMILES string of the molecule is C[C@H](c1cccc(F)c1CNc1cc(F)c(S(=O)(=O)c2n[c]cs2)c(F)c1)N1CCC1. The number of thiazole rings is 1. The van der Waals surface area contributed by atoms with E-state index in [0.717, 1.165) is 48.5 Å². The van der Waals surface area contributed by atoms with Crippen molar-refractivity contribution in [3.05, 3.63) is 70.5 Å². The van der Waals surface area contributed by atoms with E-state index in [1.165, 1.54) is 11.4 Å². The van der Waals surface area contributed by atoms with Gasteiger partial charge in [-0.05, 0) is 50.2 Å². The number of hydrogen-bond donors (Lipinski definition) is 1. The van der Waals surface area contributed by atoms with Crippen LogP contribution in [0, 0.1) is 23.6 Å². The summed E-state index contributed by atoms with van der Waals surface area (Å²) < 4.78 is 68.2. The predicted octanol–water partition coefficient (Wildman–Crippen LogP) is 4.57. The van der Waals surface area contributed by atoms with Crippen molar-refractivity contribution in [1.82, 2.24) is 9.88 Å². The highest BCUT2D eigenvalue weighted by molar-refractivity contribution is 7.93. The maximum absolute atomic E-state index is 14.6. The second-order valence-corrected chi connectivity index (χ2v) is 10.2. The number of nitrogens with one attached hydrogen (secondary N) is 1. The molecular formula is C21H19F3N3O2S2. The van der Waals surface area contributed by atoms with Crippen LogP contribution in [0.15, 0.2) is 44.9 Å². The third-order valence-electron chi connectivity index (χ3n) is 5.38. The average molecular weight is 467 g/mol. The van der Waals surface area contributed by atoms with Crippen LogP contribution in [0.5, 0.6) is 0 Å². The van der Waals surface area contributed by atoms with Crippen LogP contribution < -0.4 is 5.32 Å². The number of nitrogens with zero attached hydrogens (tertiary/aromatic N) is 2. The Morgan fingerprint density at radius 2 is 1.90 bits per heavy atom. The minimum absolute atomic E-state index is 0.00505. The zero-order chi connectivity index (χ0) is 22.2. The zero-order valence-electron chi connectivity index (χ0n) is 16.5. The monoisotopic (exact) mass is 466 g/mol. The lowest BCUT2D eigenvalue weighted by atomic mass is 9.97. The van der Waals surface area contributed by atoms with Crippen LogP contribution in [0.1, 0.15) is 30.5 Å². The Hall–Kier alpha value is -2.43. The molecule has 2 heterocycles. The summed E-state index contributed by atoms with van der Waals surface area (Å²) in [7, 11) is -4.44. The van der Waals surface area contributed by atoms with Gasteiger partial charge in [-0.25, -0.2) is 26.6 Å². The number of anilines is 1. The molecule has 1 fully saturated rings. The molecule has 1 aliphatic heterocycles. The summed E-state index contributed by atoms with van der Waals surface area (Å²) in [5.74, 6) is -2.92. The lowest BCUT2D eigenvalue weighted by molar-refractivity contribution is 0.128. The number of hydrogen-bond acceptors (Lipinski definition) is 6. The first kappa shape index (κ1) is 21.8. The van der Waals surface area contributed by atoms with Gasteiger partial charge < -0.3 is 5.32 Å². The van der Waals surface area contributed by atoms with Crippen molar-refractivity contribution in [1.29, 1.82) is 0 Å². The van der Waals surface area contributed by atoms with Crippen LogP contribution in [-0.4, -0.2) is 31.4 Å². The predicted molar refractivity (Wildman–Crippen MR) is 111 cm³/mol. The average Bonchev–Trinajstić information content (AvgIpc) is 3.20. The van der Waals surface area contributed by atoms with Crippen molar-refractivity contribution >= 4 is 26.9 Å². The van der Waals surface area contributed by atoms with Gasteiger partial charge in [0.2, 0.25) is 14.2 Å². The first-order valence-electron chi connectivity index (χ1n) is 9.60. The molecule has 0 spiro atoms. The third-order valence-corrected chi connectivity index (χ3v) is 8.32. The molecule has 1 atom stereocenters. The summed E-state index contributed by atoms with van der Waals surface area (Å²) >= 11 is 0.719. The van der Waals surface area contributed by atoms with Crippen molar-refractivity contribution in [2.24, 2.45) is 0 Å². The molecule has 5 nitrogen and oxygen atoms in total. The van der Waals surface area contributed by atoms with Crippen molar-refractivity contribution in [2.75, 3.05) is 18.4 Å². The molecule has 0 unspecified atom stereocenters. The largest absolute Gasteiger partial charge is 0.381 e. The topological polar surface area (TPSA) is 62.3 Å². The van der Waals surface area contributed by atoms with Crippen molar-refractivity contribution in [2.45, 2.75) is 35.2 Å². The second-order valence-electron chi connectivity index (χ2n) is 7.24. The summed E-state index contributed by atoms with van der Waals surface area (Å²) in [6, 6.07) is 6.59. The van der Waals surface area contributed by atoms with Crippen LogP contribution in [0.25, 0.3) is 0 Å². The number of aromatic nitrogens is 1. The van der Waals surface area contributed by atoms with Crippen LogP contribution in [0.2, 0.25) is 0 Å². The first-order chi connectivity index (χ1) is 14.8. The number of halogens is 3. The lowest BCUT2D eigenvalue weighted by Gasteiger charge is -2.37. The van der Waals surface area contributed by atoms with Crippen molar-refractivity contribution in [3.63, 3.8) is 0 Å². The highest BCUT2D eigenvalue weighted by Crippen LogP contribution is 2.31. The van der Waals surface area contributed by atoms with E-state index in [4.69, 9.17) is 0 Å². The van der Waals surface area contributed by atoms with Gasteiger partial charge in [-0.15, -0.1) is 11.3 Å². The summed E-state index contributed by atoms with van der Waals surface area (Å²) in [6.07, 6.45) is 3.42. The highest BCUT2D eigenvalue weighted by Gasteiger charge is 2.29. The quantitative estimate of drug-likeness (QED) is 0.553. The van der Waals surface area contributed by atoms with Crippen molar-refractivity contribution < 1.29 is 21.6 Å². The first-order valence-corrected chi connectivity index (χ1v) is 12.0. The minimum Gasteiger partial charge on any atom is -0.381 e.